The Hall–Kier alpha value is -2.95. The summed E-state index contributed by atoms with van der Waals surface area (Å²) >= 11 is 0. The van der Waals surface area contributed by atoms with Gasteiger partial charge in [0.25, 0.3) is 0 Å². The van der Waals surface area contributed by atoms with E-state index in [4.69, 9.17) is 4.74 Å². The fourth-order valence-corrected chi connectivity index (χ4v) is 2.46. The molecule has 0 fully saturated rings. The van der Waals surface area contributed by atoms with E-state index in [1.54, 1.807) is 30.3 Å². The van der Waals surface area contributed by atoms with Gasteiger partial charge >= 0.3 is 5.97 Å². The zero-order chi connectivity index (χ0) is 18.9. The highest BCUT2D eigenvalue weighted by Gasteiger charge is 2.12. The van der Waals surface area contributed by atoms with Gasteiger partial charge in [0, 0.05) is 18.2 Å². The molecule has 0 unspecified atom stereocenters. The van der Waals surface area contributed by atoms with Crippen molar-refractivity contribution in [3.05, 3.63) is 65.2 Å². The van der Waals surface area contributed by atoms with Crippen LogP contribution >= 0.6 is 0 Å². The first kappa shape index (κ1) is 19.4. The molecule has 0 radical (unpaired) electrons. The largest absolute Gasteiger partial charge is 0.454 e. The van der Waals surface area contributed by atoms with Crippen LogP contribution < -0.4 is 5.32 Å². The number of amides is 1. The van der Waals surface area contributed by atoms with E-state index in [-0.39, 0.29) is 23.9 Å². The molecule has 0 atom stereocenters. The maximum absolute atomic E-state index is 12.2. The molecule has 2 rings (SSSR count). The summed E-state index contributed by atoms with van der Waals surface area (Å²) in [5.74, 6) is -1.09. The highest BCUT2D eigenvalue weighted by Crippen LogP contribution is 2.13. The lowest BCUT2D eigenvalue weighted by Crippen LogP contribution is -2.14. The quantitative estimate of drug-likeness (QED) is 0.574. The maximum atomic E-state index is 12.2. The maximum Gasteiger partial charge on any atom is 0.338 e. The molecule has 0 spiro atoms. The minimum absolute atomic E-state index is 0.229. The molecule has 2 aromatic rings. The fourth-order valence-electron chi connectivity index (χ4n) is 2.46. The Balaban J connectivity index is 1.92. The number of Topliss-reactive ketones (excluding diaryl/α,β-unsaturated/α-hetero) is 1. The molecule has 0 aliphatic heterocycles. The SMILES string of the molecule is CCCCc1ccc(C(=O)COC(=O)c2cccc(NC(C)=O)c2)cc1. The summed E-state index contributed by atoms with van der Waals surface area (Å²) in [6.45, 7) is 3.20. The number of ether oxygens (including phenoxy) is 1. The van der Waals surface area contributed by atoms with Crippen molar-refractivity contribution in [2.24, 2.45) is 0 Å². The van der Waals surface area contributed by atoms with Crippen LogP contribution in [0.5, 0.6) is 0 Å². The number of esters is 1. The Kier molecular flexibility index (Phi) is 7.09. The van der Waals surface area contributed by atoms with E-state index in [1.807, 2.05) is 12.1 Å². The summed E-state index contributed by atoms with van der Waals surface area (Å²) in [4.78, 5) is 35.4. The number of aryl methyl sites for hydroxylation is 1. The van der Waals surface area contributed by atoms with Gasteiger partial charge in [-0.15, -0.1) is 0 Å². The van der Waals surface area contributed by atoms with Gasteiger partial charge in [-0.1, -0.05) is 43.7 Å². The van der Waals surface area contributed by atoms with E-state index in [2.05, 4.69) is 12.2 Å². The molecule has 1 N–H and O–H groups in total. The zero-order valence-electron chi connectivity index (χ0n) is 15.1. The van der Waals surface area contributed by atoms with Crippen LogP contribution in [-0.4, -0.2) is 24.3 Å². The summed E-state index contributed by atoms with van der Waals surface area (Å²) in [6, 6.07) is 13.8. The molecule has 0 aromatic heterocycles. The Morgan fingerprint density at radius 2 is 1.73 bits per heavy atom. The van der Waals surface area contributed by atoms with Gasteiger partial charge in [-0.3, -0.25) is 9.59 Å². The first-order valence-electron chi connectivity index (χ1n) is 8.66. The highest BCUT2D eigenvalue weighted by atomic mass is 16.5. The predicted octanol–water partition coefficient (Wildman–Crippen LogP) is 4.03. The van der Waals surface area contributed by atoms with Crippen molar-refractivity contribution in [2.75, 3.05) is 11.9 Å². The van der Waals surface area contributed by atoms with Crippen LogP contribution in [0.2, 0.25) is 0 Å². The minimum atomic E-state index is -0.606. The number of rotatable bonds is 8. The van der Waals surface area contributed by atoms with Gasteiger partial charge in [0.2, 0.25) is 5.91 Å². The molecule has 0 saturated carbocycles. The van der Waals surface area contributed by atoms with Crippen molar-refractivity contribution in [2.45, 2.75) is 33.1 Å². The molecule has 0 heterocycles. The van der Waals surface area contributed by atoms with Crippen LogP contribution in [0.1, 0.15) is 53.0 Å². The molecule has 2 aromatic carbocycles. The van der Waals surface area contributed by atoms with Crippen molar-refractivity contribution < 1.29 is 19.1 Å². The summed E-state index contributed by atoms with van der Waals surface area (Å²) in [6.07, 6.45) is 3.23. The van der Waals surface area contributed by atoms with Gasteiger partial charge in [-0.2, -0.15) is 0 Å². The molecule has 0 aliphatic carbocycles. The number of anilines is 1. The van der Waals surface area contributed by atoms with E-state index < -0.39 is 5.97 Å². The van der Waals surface area contributed by atoms with Crippen molar-refractivity contribution in [3.8, 4) is 0 Å². The van der Waals surface area contributed by atoms with E-state index in [0.29, 0.717) is 11.3 Å². The van der Waals surface area contributed by atoms with Crippen LogP contribution in [0.3, 0.4) is 0 Å². The number of hydrogen-bond donors (Lipinski definition) is 1. The molecule has 5 nitrogen and oxygen atoms in total. The molecular weight excluding hydrogens is 330 g/mol. The Bertz CT molecular complexity index is 781. The predicted molar refractivity (Wildman–Crippen MR) is 100 cm³/mol. The topological polar surface area (TPSA) is 72.5 Å². The number of ketones is 1. The molecule has 26 heavy (non-hydrogen) atoms. The third kappa shape index (κ3) is 5.84. The Morgan fingerprint density at radius 3 is 2.38 bits per heavy atom. The van der Waals surface area contributed by atoms with Gasteiger partial charge in [0.1, 0.15) is 0 Å². The van der Waals surface area contributed by atoms with Crippen molar-refractivity contribution >= 4 is 23.3 Å². The zero-order valence-corrected chi connectivity index (χ0v) is 15.1. The van der Waals surface area contributed by atoms with Gasteiger partial charge in [0.05, 0.1) is 5.56 Å². The smallest absolute Gasteiger partial charge is 0.338 e. The molecule has 136 valence electrons. The van der Waals surface area contributed by atoms with Crippen LogP contribution in [-0.2, 0) is 16.0 Å². The van der Waals surface area contributed by atoms with E-state index >= 15 is 0 Å². The number of hydrogen-bond acceptors (Lipinski definition) is 4. The Labute approximate surface area is 153 Å². The average molecular weight is 353 g/mol. The number of benzene rings is 2. The molecule has 5 heteroatoms. The molecule has 0 saturated heterocycles. The highest BCUT2D eigenvalue weighted by molar-refractivity contribution is 5.99. The van der Waals surface area contributed by atoms with E-state index in [0.717, 1.165) is 19.3 Å². The second kappa shape index (κ2) is 9.51. The number of carbonyl (C=O) groups is 3. The van der Waals surface area contributed by atoms with E-state index in [1.165, 1.54) is 18.6 Å². The van der Waals surface area contributed by atoms with Crippen LogP contribution in [0, 0.1) is 0 Å². The summed E-state index contributed by atoms with van der Waals surface area (Å²) < 4.78 is 5.10. The lowest BCUT2D eigenvalue weighted by molar-refractivity contribution is -0.114. The van der Waals surface area contributed by atoms with Gasteiger partial charge in [-0.25, -0.2) is 4.79 Å². The minimum Gasteiger partial charge on any atom is -0.454 e. The van der Waals surface area contributed by atoms with Crippen molar-refractivity contribution in [1.82, 2.24) is 0 Å². The Morgan fingerprint density at radius 1 is 1.00 bits per heavy atom. The van der Waals surface area contributed by atoms with Gasteiger partial charge in [-0.05, 0) is 36.6 Å². The van der Waals surface area contributed by atoms with E-state index in [9.17, 15) is 14.4 Å². The standard InChI is InChI=1S/C21H23NO4/c1-3-4-6-16-9-11-17(12-10-16)20(24)14-26-21(25)18-7-5-8-19(13-18)22-15(2)23/h5,7-13H,3-4,6,14H2,1-2H3,(H,22,23). The van der Waals surface area contributed by atoms with Crippen LogP contribution in [0.4, 0.5) is 5.69 Å². The number of nitrogens with one attached hydrogen (secondary N) is 1. The molecule has 0 aliphatic rings. The normalized spacial score (nSPS) is 10.2. The van der Waals surface area contributed by atoms with Crippen LogP contribution in [0.25, 0.3) is 0 Å². The van der Waals surface area contributed by atoms with Crippen molar-refractivity contribution in [1.29, 1.82) is 0 Å². The average Bonchev–Trinajstić information content (AvgIpc) is 2.64. The fraction of sp³-hybridized carbons (Fsp3) is 0.286. The molecule has 1 amide bonds. The lowest BCUT2D eigenvalue weighted by Gasteiger charge is -2.07. The van der Waals surface area contributed by atoms with Gasteiger partial charge in [0.15, 0.2) is 12.4 Å². The molecule has 0 bridgehead atoms. The summed E-state index contributed by atoms with van der Waals surface area (Å²) in [5, 5.41) is 2.60. The van der Waals surface area contributed by atoms with Gasteiger partial charge < -0.3 is 10.1 Å². The number of carbonyl (C=O) groups excluding carboxylic acids is 3. The monoisotopic (exact) mass is 353 g/mol. The lowest BCUT2D eigenvalue weighted by atomic mass is 10.0. The third-order valence-corrected chi connectivity index (χ3v) is 3.85. The summed E-state index contributed by atoms with van der Waals surface area (Å²) in [7, 11) is 0. The third-order valence-electron chi connectivity index (χ3n) is 3.85. The first-order chi connectivity index (χ1) is 12.5. The number of unbranched alkanes of at least 4 members (excludes halogenated alkanes) is 1. The first-order valence-corrected chi connectivity index (χ1v) is 8.66. The van der Waals surface area contributed by atoms with Crippen LogP contribution in [0.15, 0.2) is 48.5 Å². The second-order valence-electron chi connectivity index (χ2n) is 6.06. The van der Waals surface area contributed by atoms with Crippen molar-refractivity contribution in [3.63, 3.8) is 0 Å². The molecular formula is C21H23NO4. The second-order valence-corrected chi connectivity index (χ2v) is 6.06. The summed E-state index contributed by atoms with van der Waals surface area (Å²) in [5.41, 5.74) is 2.49.